The Kier molecular flexibility index (Phi) is 4.54. The number of aromatic nitrogens is 2. The Morgan fingerprint density at radius 3 is 2.57 bits per heavy atom. The lowest BCUT2D eigenvalue weighted by Crippen LogP contribution is -2.05. The second kappa shape index (κ2) is 6.56. The van der Waals surface area contributed by atoms with E-state index in [-0.39, 0.29) is 6.04 Å². The molecule has 3 nitrogen and oxygen atoms in total. The largest absolute Gasteiger partial charge is 0.378 e. The maximum absolute atomic E-state index is 4.22. The summed E-state index contributed by atoms with van der Waals surface area (Å²) in [6.45, 7) is 2.16. The summed E-state index contributed by atoms with van der Waals surface area (Å²) < 4.78 is 1.84. The van der Waals surface area contributed by atoms with Crippen molar-refractivity contribution in [3.63, 3.8) is 0 Å². The van der Waals surface area contributed by atoms with Gasteiger partial charge in [0.15, 0.2) is 0 Å². The van der Waals surface area contributed by atoms with Crippen LogP contribution in [0.15, 0.2) is 41.6 Å². The third-order valence-corrected chi connectivity index (χ3v) is 5.42. The minimum absolute atomic E-state index is 0.270. The number of nitrogens with zero attached hydrogens (tertiary/aromatic N) is 2. The van der Waals surface area contributed by atoms with Crippen LogP contribution in [-0.4, -0.2) is 15.0 Å². The molecule has 1 N–H and O–H groups in total. The highest BCUT2D eigenvalue weighted by atomic mass is 32.2. The lowest BCUT2D eigenvalue weighted by atomic mass is 10.2. The van der Waals surface area contributed by atoms with Crippen LogP contribution in [0.4, 0.5) is 5.69 Å². The molecule has 0 radical (unpaired) electrons. The topological polar surface area (TPSA) is 29.9 Å². The zero-order valence-corrected chi connectivity index (χ0v) is 13.6. The molecule has 1 atom stereocenters. The molecule has 1 heterocycles. The van der Waals surface area contributed by atoms with E-state index in [0.29, 0.717) is 0 Å². The van der Waals surface area contributed by atoms with Crippen molar-refractivity contribution in [3.8, 4) is 0 Å². The molecule has 3 rings (SSSR count). The van der Waals surface area contributed by atoms with E-state index in [1.165, 1.54) is 41.8 Å². The van der Waals surface area contributed by atoms with E-state index in [1.54, 1.807) is 0 Å². The van der Waals surface area contributed by atoms with Crippen LogP contribution in [0.3, 0.4) is 0 Å². The first kappa shape index (κ1) is 14.5. The van der Waals surface area contributed by atoms with Gasteiger partial charge in [0.2, 0.25) is 0 Å². The zero-order valence-electron chi connectivity index (χ0n) is 12.7. The van der Waals surface area contributed by atoms with Crippen molar-refractivity contribution in [1.82, 2.24) is 9.78 Å². The van der Waals surface area contributed by atoms with E-state index in [2.05, 4.69) is 47.8 Å². The Bertz CT molecular complexity index is 570. The highest BCUT2D eigenvalue weighted by Crippen LogP contribution is 2.35. The summed E-state index contributed by atoms with van der Waals surface area (Å²) in [5.41, 5.74) is 2.38. The van der Waals surface area contributed by atoms with Crippen LogP contribution in [0.1, 0.15) is 44.2 Å². The van der Waals surface area contributed by atoms with Gasteiger partial charge in [0.25, 0.3) is 0 Å². The summed E-state index contributed by atoms with van der Waals surface area (Å²) in [7, 11) is 1.95. The number of thioether (sulfide) groups is 1. The van der Waals surface area contributed by atoms with Crippen molar-refractivity contribution in [2.45, 2.75) is 48.8 Å². The van der Waals surface area contributed by atoms with Crippen molar-refractivity contribution < 1.29 is 0 Å². The molecule has 21 heavy (non-hydrogen) atoms. The van der Waals surface area contributed by atoms with Gasteiger partial charge in [0, 0.05) is 34.6 Å². The minimum Gasteiger partial charge on any atom is -0.378 e. The van der Waals surface area contributed by atoms with Crippen molar-refractivity contribution >= 4 is 17.4 Å². The van der Waals surface area contributed by atoms with Gasteiger partial charge in [0.1, 0.15) is 0 Å². The molecule has 1 aliphatic carbocycles. The summed E-state index contributed by atoms with van der Waals surface area (Å²) in [6, 6.07) is 9.11. The number of anilines is 1. The second-order valence-electron chi connectivity index (χ2n) is 5.86. The minimum atomic E-state index is 0.270. The Morgan fingerprint density at radius 1 is 1.24 bits per heavy atom. The van der Waals surface area contributed by atoms with E-state index in [9.17, 15) is 0 Å². The molecule has 1 fully saturated rings. The van der Waals surface area contributed by atoms with Crippen LogP contribution in [0.2, 0.25) is 0 Å². The van der Waals surface area contributed by atoms with Crippen LogP contribution in [-0.2, 0) is 7.05 Å². The summed E-state index contributed by atoms with van der Waals surface area (Å²) in [5.74, 6) is 0. The van der Waals surface area contributed by atoms with Gasteiger partial charge < -0.3 is 5.32 Å². The lowest BCUT2D eigenvalue weighted by molar-refractivity contribution is 0.765. The van der Waals surface area contributed by atoms with Gasteiger partial charge in [-0.05, 0) is 44.0 Å². The normalized spacial score (nSPS) is 17.0. The second-order valence-corrected chi connectivity index (χ2v) is 7.24. The first-order valence-corrected chi connectivity index (χ1v) is 8.60. The highest BCUT2D eigenvalue weighted by Gasteiger charge is 2.16. The fourth-order valence-electron chi connectivity index (χ4n) is 2.83. The summed E-state index contributed by atoms with van der Waals surface area (Å²) in [5, 5.41) is 8.59. The molecular formula is C17H23N3S. The number of aryl methyl sites for hydroxylation is 1. The average molecular weight is 301 g/mol. The van der Waals surface area contributed by atoms with Crippen LogP contribution >= 0.6 is 11.8 Å². The number of benzene rings is 1. The van der Waals surface area contributed by atoms with Gasteiger partial charge in [-0.25, -0.2) is 0 Å². The van der Waals surface area contributed by atoms with E-state index < -0.39 is 0 Å². The van der Waals surface area contributed by atoms with Gasteiger partial charge in [0.05, 0.1) is 12.2 Å². The number of rotatable bonds is 5. The third kappa shape index (κ3) is 3.82. The Balaban J connectivity index is 1.58. The number of nitrogens with one attached hydrogen (secondary N) is 1. The molecule has 0 saturated heterocycles. The van der Waals surface area contributed by atoms with Gasteiger partial charge in [-0.1, -0.05) is 12.8 Å². The smallest absolute Gasteiger partial charge is 0.0542 e. The van der Waals surface area contributed by atoms with Crippen LogP contribution in [0.25, 0.3) is 0 Å². The quantitative estimate of drug-likeness (QED) is 0.873. The molecule has 1 aliphatic rings. The fourth-order valence-corrected chi connectivity index (χ4v) is 4.07. The number of hydrogen-bond donors (Lipinski definition) is 1. The molecule has 0 spiro atoms. The summed E-state index contributed by atoms with van der Waals surface area (Å²) in [4.78, 5) is 1.39. The first-order valence-electron chi connectivity index (χ1n) is 7.72. The molecular weight excluding hydrogens is 278 g/mol. The fraction of sp³-hybridized carbons (Fsp3) is 0.471. The predicted octanol–water partition coefficient (Wildman–Crippen LogP) is 4.63. The lowest BCUT2D eigenvalue weighted by Gasteiger charge is -2.14. The standard InChI is InChI=1S/C17H23N3S/c1-13(14-11-18-20(2)12-14)19-15-7-9-17(10-8-15)21-16-5-3-4-6-16/h7-13,16,19H,3-6H2,1-2H3. The Hall–Kier alpha value is -1.42. The van der Waals surface area contributed by atoms with E-state index in [0.717, 1.165) is 5.25 Å². The van der Waals surface area contributed by atoms with Crippen molar-refractivity contribution in [2.24, 2.45) is 7.05 Å². The van der Waals surface area contributed by atoms with Gasteiger partial charge in [-0.2, -0.15) is 5.10 Å². The average Bonchev–Trinajstić information content (AvgIpc) is 3.12. The molecule has 1 saturated carbocycles. The van der Waals surface area contributed by atoms with Crippen LogP contribution in [0, 0.1) is 0 Å². The van der Waals surface area contributed by atoms with Gasteiger partial charge in [-0.3, -0.25) is 4.68 Å². The van der Waals surface area contributed by atoms with Crippen molar-refractivity contribution in [3.05, 3.63) is 42.2 Å². The molecule has 4 heteroatoms. The zero-order chi connectivity index (χ0) is 14.7. The molecule has 0 amide bonds. The Morgan fingerprint density at radius 2 is 1.95 bits per heavy atom. The molecule has 1 aromatic heterocycles. The number of hydrogen-bond acceptors (Lipinski definition) is 3. The van der Waals surface area contributed by atoms with Crippen molar-refractivity contribution in [1.29, 1.82) is 0 Å². The monoisotopic (exact) mass is 301 g/mol. The van der Waals surface area contributed by atoms with E-state index in [4.69, 9.17) is 0 Å². The maximum atomic E-state index is 4.22. The van der Waals surface area contributed by atoms with Gasteiger partial charge >= 0.3 is 0 Å². The predicted molar refractivity (Wildman–Crippen MR) is 89.8 cm³/mol. The molecule has 1 unspecified atom stereocenters. The maximum Gasteiger partial charge on any atom is 0.0542 e. The molecule has 0 aliphatic heterocycles. The SMILES string of the molecule is CC(Nc1ccc(SC2CCCC2)cc1)c1cnn(C)c1. The molecule has 2 aromatic rings. The molecule has 112 valence electrons. The van der Waals surface area contributed by atoms with E-state index in [1.807, 2.05) is 29.7 Å². The first-order chi connectivity index (χ1) is 10.2. The van der Waals surface area contributed by atoms with Crippen LogP contribution in [0.5, 0.6) is 0 Å². The summed E-state index contributed by atoms with van der Waals surface area (Å²) in [6.07, 6.45) is 9.54. The highest BCUT2D eigenvalue weighted by molar-refractivity contribution is 8.00. The van der Waals surface area contributed by atoms with Gasteiger partial charge in [-0.15, -0.1) is 11.8 Å². The Labute approximate surface area is 131 Å². The molecule has 0 bridgehead atoms. The molecule has 1 aromatic carbocycles. The van der Waals surface area contributed by atoms with E-state index >= 15 is 0 Å². The van der Waals surface area contributed by atoms with Crippen molar-refractivity contribution in [2.75, 3.05) is 5.32 Å². The third-order valence-electron chi connectivity index (χ3n) is 4.07. The van der Waals surface area contributed by atoms with Crippen LogP contribution < -0.4 is 5.32 Å². The summed E-state index contributed by atoms with van der Waals surface area (Å²) >= 11 is 2.04.